The van der Waals surface area contributed by atoms with Gasteiger partial charge in [0.15, 0.2) is 11.8 Å². The Kier molecular flexibility index (Phi) is 8.49. The third-order valence-electron chi connectivity index (χ3n) is 3.89. The molecule has 22 heavy (non-hydrogen) atoms. The van der Waals surface area contributed by atoms with Gasteiger partial charge < -0.3 is 15.3 Å². The lowest BCUT2D eigenvalue weighted by molar-refractivity contribution is -0.155. The minimum atomic E-state index is -1.54. The molecule has 0 amide bonds. The standard InChI is InChI=1S/C17H27NO3S/c1-3-4-10-15(14-8-6-5-7-9-14)21-16(20)17(18,13-19)11-12-22-2/h3-4,8,13,15H,5-7,9-12,18H2,1-2H3/b4-3+. The first-order valence-corrected chi connectivity index (χ1v) is 9.22. The van der Waals surface area contributed by atoms with Gasteiger partial charge in [0.1, 0.15) is 6.10 Å². The molecule has 2 atom stereocenters. The summed E-state index contributed by atoms with van der Waals surface area (Å²) in [6, 6.07) is 0. The number of nitrogens with two attached hydrogens (primary N) is 1. The Balaban J connectivity index is 2.80. The van der Waals surface area contributed by atoms with Gasteiger partial charge in [-0.25, -0.2) is 4.79 Å². The molecule has 4 nitrogen and oxygen atoms in total. The lowest BCUT2D eigenvalue weighted by atomic mass is 9.93. The number of allylic oxidation sites excluding steroid dienone is 2. The number of aldehydes is 1. The highest BCUT2D eigenvalue weighted by molar-refractivity contribution is 7.98. The highest BCUT2D eigenvalue weighted by atomic mass is 32.2. The Morgan fingerprint density at radius 1 is 1.55 bits per heavy atom. The van der Waals surface area contributed by atoms with Crippen molar-refractivity contribution in [1.82, 2.24) is 0 Å². The van der Waals surface area contributed by atoms with Gasteiger partial charge in [-0.1, -0.05) is 18.2 Å². The number of carbonyl (C=O) groups excluding carboxylic acids is 2. The fourth-order valence-corrected chi connectivity index (χ4v) is 2.95. The van der Waals surface area contributed by atoms with Crippen LogP contribution in [0, 0.1) is 0 Å². The van der Waals surface area contributed by atoms with Gasteiger partial charge in [-0.3, -0.25) is 0 Å². The van der Waals surface area contributed by atoms with Crippen molar-refractivity contribution in [3.63, 3.8) is 0 Å². The van der Waals surface area contributed by atoms with Crippen molar-refractivity contribution in [3.8, 4) is 0 Å². The second kappa shape index (κ2) is 9.85. The Morgan fingerprint density at radius 3 is 2.86 bits per heavy atom. The average molecular weight is 325 g/mol. The minimum Gasteiger partial charge on any atom is -0.456 e. The summed E-state index contributed by atoms with van der Waals surface area (Å²) in [6.07, 6.45) is 13.4. The maximum Gasteiger partial charge on any atom is 0.334 e. The van der Waals surface area contributed by atoms with Crippen LogP contribution in [0.25, 0.3) is 0 Å². The van der Waals surface area contributed by atoms with Crippen LogP contribution in [-0.2, 0) is 14.3 Å². The Bertz CT molecular complexity index is 434. The largest absolute Gasteiger partial charge is 0.456 e. The fourth-order valence-electron chi connectivity index (χ4n) is 2.41. The zero-order valence-corrected chi connectivity index (χ0v) is 14.4. The van der Waals surface area contributed by atoms with Crippen molar-refractivity contribution in [2.75, 3.05) is 12.0 Å². The van der Waals surface area contributed by atoms with Gasteiger partial charge in [0.25, 0.3) is 0 Å². The maximum absolute atomic E-state index is 12.4. The van der Waals surface area contributed by atoms with E-state index in [9.17, 15) is 9.59 Å². The van der Waals surface area contributed by atoms with Crippen LogP contribution < -0.4 is 5.73 Å². The van der Waals surface area contributed by atoms with Crippen molar-refractivity contribution in [3.05, 3.63) is 23.8 Å². The molecule has 1 aliphatic rings. The molecule has 0 aromatic carbocycles. The number of thioether (sulfide) groups is 1. The molecular formula is C17H27NO3S. The van der Waals surface area contributed by atoms with Gasteiger partial charge in [-0.15, -0.1) is 0 Å². The van der Waals surface area contributed by atoms with Gasteiger partial charge in [-0.2, -0.15) is 11.8 Å². The maximum atomic E-state index is 12.4. The van der Waals surface area contributed by atoms with E-state index in [1.807, 2.05) is 25.3 Å². The van der Waals surface area contributed by atoms with Crippen LogP contribution in [0.3, 0.4) is 0 Å². The van der Waals surface area contributed by atoms with E-state index in [2.05, 4.69) is 6.08 Å². The van der Waals surface area contributed by atoms with Crippen molar-refractivity contribution in [2.45, 2.75) is 57.1 Å². The average Bonchev–Trinajstić information content (AvgIpc) is 2.56. The lowest BCUT2D eigenvalue weighted by Crippen LogP contribution is -2.52. The smallest absolute Gasteiger partial charge is 0.334 e. The highest BCUT2D eigenvalue weighted by Gasteiger charge is 2.37. The molecule has 2 unspecified atom stereocenters. The summed E-state index contributed by atoms with van der Waals surface area (Å²) in [7, 11) is 0. The van der Waals surface area contributed by atoms with E-state index >= 15 is 0 Å². The zero-order chi connectivity index (χ0) is 16.4. The minimum absolute atomic E-state index is 0.298. The summed E-state index contributed by atoms with van der Waals surface area (Å²) in [5.74, 6) is 0.0320. The first-order chi connectivity index (χ1) is 10.6. The normalized spacial score (nSPS) is 19.3. The predicted octanol–water partition coefficient (Wildman–Crippen LogP) is 3.01. The van der Waals surface area contributed by atoms with Crippen LogP contribution in [0.1, 0.15) is 45.4 Å². The van der Waals surface area contributed by atoms with E-state index in [0.29, 0.717) is 24.9 Å². The number of rotatable bonds is 9. The molecule has 0 aromatic heterocycles. The zero-order valence-electron chi connectivity index (χ0n) is 13.5. The van der Waals surface area contributed by atoms with E-state index in [4.69, 9.17) is 10.5 Å². The summed E-state index contributed by atoms with van der Waals surface area (Å²) in [6.45, 7) is 1.94. The molecule has 1 rings (SSSR count). The molecule has 0 fully saturated rings. The SMILES string of the molecule is C/C=C/CC(OC(=O)C(N)(C=O)CCSC)C1=CCCCC1. The van der Waals surface area contributed by atoms with E-state index in [0.717, 1.165) is 24.8 Å². The van der Waals surface area contributed by atoms with Gasteiger partial charge in [0.05, 0.1) is 0 Å². The summed E-state index contributed by atoms with van der Waals surface area (Å²) in [5, 5.41) is 0. The molecule has 0 bridgehead atoms. The van der Waals surface area contributed by atoms with E-state index in [-0.39, 0.29) is 6.10 Å². The van der Waals surface area contributed by atoms with E-state index in [1.54, 1.807) is 11.8 Å². The van der Waals surface area contributed by atoms with Gasteiger partial charge in [0, 0.05) is 6.42 Å². The van der Waals surface area contributed by atoms with Crippen LogP contribution >= 0.6 is 11.8 Å². The van der Waals surface area contributed by atoms with Crippen molar-refractivity contribution >= 4 is 24.0 Å². The van der Waals surface area contributed by atoms with Crippen LogP contribution in [0.15, 0.2) is 23.8 Å². The Labute approximate surface area is 137 Å². The molecule has 0 aromatic rings. The summed E-state index contributed by atoms with van der Waals surface area (Å²) < 4.78 is 5.62. The number of ether oxygens (including phenoxy) is 1. The first-order valence-electron chi connectivity index (χ1n) is 7.82. The monoisotopic (exact) mass is 325 g/mol. The molecule has 0 spiro atoms. The van der Waals surface area contributed by atoms with Crippen LogP contribution in [0.4, 0.5) is 0 Å². The lowest BCUT2D eigenvalue weighted by Gasteiger charge is -2.27. The molecule has 2 N–H and O–H groups in total. The third kappa shape index (κ3) is 5.61. The quantitative estimate of drug-likeness (QED) is 0.305. The number of carbonyl (C=O) groups is 2. The molecule has 0 heterocycles. The van der Waals surface area contributed by atoms with Crippen molar-refractivity contribution in [1.29, 1.82) is 0 Å². The molecule has 0 aliphatic heterocycles. The number of esters is 1. The van der Waals surface area contributed by atoms with Gasteiger partial charge in [-0.05, 0) is 56.6 Å². The molecule has 0 radical (unpaired) electrons. The molecule has 5 heteroatoms. The van der Waals surface area contributed by atoms with Crippen molar-refractivity contribution in [2.24, 2.45) is 5.73 Å². The summed E-state index contributed by atoms with van der Waals surface area (Å²) in [4.78, 5) is 23.7. The van der Waals surface area contributed by atoms with E-state index < -0.39 is 11.5 Å². The van der Waals surface area contributed by atoms with Gasteiger partial charge >= 0.3 is 5.97 Å². The molecule has 124 valence electrons. The second-order valence-corrected chi connectivity index (χ2v) is 6.61. The molecule has 1 aliphatic carbocycles. The highest BCUT2D eigenvalue weighted by Crippen LogP contribution is 2.25. The topological polar surface area (TPSA) is 69.4 Å². The summed E-state index contributed by atoms with van der Waals surface area (Å²) >= 11 is 1.55. The van der Waals surface area contributed by atoms with Crippen LogP contribution in [0.2, 0.25) is 0 Å². The summed E-state index contributed by atoms with van der Waals surface area (Å²) in [5.41, 5.74) is 5.55. The van der Waals surface area contributed by atoms with E-state index in [1.165, 1.54) is 6.42 Å². The van der Waals surface area contributed by atoms with Crippen molar-refractivity contribution < 1.29 is 14.3 Å². The Morgan fingerprint density at radius 2 is 2.32 bits per heavy atom. The molecule has 0 saturated heterocycles. The third-order valence-corrected chi connectivity index (χ3v) is 4.50. The number of hydrogen-bond donors (Lipinski definition) is 1. The predicted molar refractivity (Wildman–Crippen MR) is 91.8 cm³/mol. The molecule has 0 saturated carbocycles. The fraction of sp³-hybridized carbons (Fsp3) is 0.647. The van der Waals surface area contributed by atoms with Gasteiger partial charge in [0.2, 0.25) is 0 Å². The van der Waals surface area contributed by atoms with Crippen LogP contribution in [0.5, 0.6) is 0 Å². The number of hydrogen-bond acceptors (Lipinski definition) is 5. The first kappa shape index (κ1) is 19.0. The molecular weight excluding hydrogens is 298 g/mol. The van der Waals surface area contributed by atoms with Crippen LogP contribution in [-0.4, -0.2) is 35.9 Å². The second-order valence-electron chi connectivity index (χ2n) is 5.62. The Hall–Kier alpha value is -1.07.